The summed E-state index contributed by atoms with van der Waals surface area (Å²) >= 11 is 0. The number of aromatic amines is 1. The Labute approximate surface area is 133 Å². The van der Waals surface area contributed by atoms with E-state index in [2.05, 4.69) is 15.1 Å². The zero-order valence-electron chi connectivity index (χ0n) is 12.9. The molecule has 4 aliphatic rings. The van der Waals surface area contributed by atoms with Crippen molar-refractivity contribution in [1.82, 2.24) is 20.0 Å². The number of carbonyl (C=O) groups is 1. The van der Waals surface area contributed by atoms with Crippen molar-refractivity contribution in [2.75, 3.05) is 26.2 Å². The summed E-state index contributed by atoms with van der Waals surface area (Å²) in [5.74, 6) is 0.298. The summed E-state index contributed by atoms with van der Waals surface area (Å²) < 4.78 is 14.0. The van der Waals surface area contributed by atoms with Crippen LogP contribution in [0.25, 0.3) is 10.9 Å². The van der Waals surface area contributed by atoms with Crippen LogP contribution in [0, 0.1) is 11.7 Å². The Morgan fingerprint density at radius 3 is 2.78 bits per heavy atom. The molecule has 6 rings (SSSR count). The van der Waals surface area contributed by atoms with Gasteiger partial charge in [-0.15, -0.1) is 0 Å². The molecule has 6 heteroatoms. The minimum absolute atomic E-state index is 0.0360. The van der Waals surface area contributed by atoms with Gasteiger partial charge in [-0.3, -0.25) is 9.89 Å². The Morgan fingerprint density at radius 1 is 1.22 bits per heavy atom. The maximum atomic E-state index is 14.0. The second kappa shape index (κ2) is 4.77. The lowest BCUT2D eigenvalue weighted by atomic mass is 9.83. The number of halogens is 1. The number of aromatic nitrogens is 2. The smallest absolute Gasteiger partial charge is 0.254 e. The zero-order chi connectivity index (χ0) is 15.6. The van der Waals surface area contributed by atoms with Crippen molar-refractivity contribution in [3.8, 4) is 0 Å². The lowest BCUT2D eigenvalue weighted by Crippen LogP contribution is -2.58. The summed E-state index contributed by atoms with van der Waals surface area (Å²) in [6.07, 6.45) is 3.04. The van der Waals surface area contributed by atoms with Crippen molar-refractivity contribution in [3.63, 3.8) is 0 Å². The molecule has 0 unspecified atom stereocenters. The fourth-order valence-corrected chi connectivity index (χ4v) is 4.61. The minimum atomic E-state index is -0.341. The molecule has 4 aliphatic heterocycles. The minimum Gasteiger partial charge on any atom is -0.334 e. The number of piperidine rings is 3. The maximum absolute atomic E-state index is 14.0. The summed E-state index contributed by atoms with van der Waals surface area (Å²) in [7, 11) is 0. The van der Waals surface area contributed by atoms with Gasteiger partial charge in [0.25, 0.3) is 5.91 Å². The largest absolute Gasteiger partial charge is 0.334 e. The third-order valence-corrected chi connectivity index (χ3v) is 5.85. The van der Waals surface area contributed by atoms with Gasteiger partial charge < -0.3 is 9.80 Å². The van der Waals surface area contributed by atoms with Crippen LogP contribution in [0.3, 0.4) is 0 Å². The normalized spacial score (nSPS) is 30.0. The third-order valence-electron chi connectivity index (χ3n) is 5.85. The van der Waals surface area contributed by atoms with Gasteiger partial charge >= 0.3 is 0 Å². The highest BCUT2D eigenvalue weighted by atomic mass is 19.1. The molecule has 1 aromatic heterocycles. The van der Waals surface area contributed by atoms with E-state index in [0.29, 0.717) is 35.3 Å². The first kappa shape index (κ1) is 13.5. The number of H-pyrrole nitrogens is 1. The molecular formula is C17H19FN4O. The monoisotopic (exact) mass is 314 g/mol. The van der Waals surface area contributed by atoms with Crippen molar-refractivity contribution < 1.29 is 9.18 Å². The van der Waals surface area contributed by atoms with Crippen molar-refractivity contribution in [1.29, 1.82) is 0 Å². The van der Waals surface area contributed by atoms with Crippen LogP contribution in [0.5, 0.6) is 0 Å². The topological polar surface area (TPSA) is 52.2 Å². The lowest BCUT2D eigenvalue weighted by Gasteiger charge is -2.49. The fourth-order valence-electron chi connectivity index (χ4n) is 4.61. The third kappa shape index (κ3) is 1.87. The van der Waals surface area contributed by atoms with E-state index in [0.717, 1.165) is 25.3 Å². The van der Waals surface area contributed by atoms with Crippen molar-refractivity contribution in [2.45, 2.75) is 25.3 Å². The Kier molecular flexibility index (Phi) is 2.80. The van der Waals surface area contributed by atoms with Crippen LogP contribution >= 0.6 is 0 Å². The molecule has 1 amide bonds. The number of amides is 1. The molecular weight excluding hydrogens is 295 g/mol. The van der Waals surface area contributed by atoms with Crippen LogP contribution in [0.4, 0.5) is 4.39 Å². The van der Waals surface area contributed by atoms with Crippen LogP contribution in [0.1, 0.15) is 28.9 Å². The number of nitrogens with zero attached hydrogens (tertiary/aromatic N) is 3. The van der Waals surface area contributed by atoms with E-state index < -0.39 is 0 Å². The van der Waals surface area contributed by atoms with Crippen LogP contribution in [0.15, 0.2) is 12.1 Å². The van der Waals surface area contributed by atoms with Crippen LogP contribution < -0.4 is 0 Å². The highest BCUT2D eigenvalue weighted by molar-refractivity contribution is 6.08. The number of fused-ring (bicyclic) bond motifs is 3. The lowest BCUT2D eigenvalue weighted by molar-refractivity contribution is 0.00821. The molecule has 120 valence electrons. The number of rotatable bonds is 1. The molecule has 5 nitrogen and oxygen atoms in total. The van der Waals surface area contributed by atoms with Gasteiger partial charge in [-0.05, 0) is 44.0 Å². The van der Waals surface area contributed by atoms with E-state index >= 15 is 0 Å². The summed E-state index contributed by atoms with van der Waals surface area (Å²) in [5.41, 5.74) is 1.77. The Balaban J connectivity index is 1.58. The molecule has 1 atom stereocenters. The molecule has 5 heterocycles. The van der Waals surface area contributed by atoms with E-state index in [9.17, 15) is 9.18 Å². The summed E-state index contributed by atoms with van der Waals surface area (Å²) in [5, 5.41) is 7.69. The SMILES string of the molecule is O=C1c2ccc(F)c3[nH]nc(c23)CCN1[C@@H]1CN2CCC1CC2. The van der Waals surface area contributed by atoms with Gasteiger partial charge in [0.1, 0.15) is 11.3 Å². The molecule has 0 spiro atoms. The van der Waals surface area contributed by atoms with E-state index in [1.807, 2.05) is 4.90 Å². The molecule has 23 heavy (non-hydrogen) atoms. The molecule has 1 N–H and O–H groups in total. The average molecular weight is 314 g/mol. The zero-order valence-corrected chi connectivity index (χ0v) is 12.9. The predicted octanol–water partition coefficient (Wildman–Crippen LogP) is 1.79. The van der Waals surface area contributed by atoms with Gasteiger partial charge in [0, 0.05) is 30.9 Å². The van der Waals surface area contributed by atoms with Gasteiger partial charge in [-0.25, -0.2) is 4.39 Å². The number of hydrogen-bond donors (Lipinski definition) is 1. The van der Waals surface area contributed by atoms with Gasteiger partial charge in [-0.1, -0.05) is 0 Å². The average Bonchev–Trinajstić information content (AvgIpc) is 2.95. The molecule has 0 aliphatic carbocycles. The molecule has 1 aromatic carbocycles. The van der Waals surface area contributed by atoms with Gasteiger partial charge in [0.2, 0.25) is 0 Å². The van der Waals surface area contributed by atoms with E-state index in [1.54, 1.807) is 6.07 Å². The highest BCUT2D eigenvalue weighted by Gasteiger charge is 2.40. The number of nitrogens with one attached hydrogen (secondary N) is 1. The number of hydrogen-bond acceptors (Lipinski definition) is 3. The number of benzene rings is 1. The Bertz CT molecular complexity index is 793. The predicted molar refractivity (Wildman–Crippen MR) is 83.7 cm³/mol. The molecule has 3 fully saturated rings. The Morgan fingerprint density at radius 2 is 2.04 bits per heavy atom. The van der Waals surface area contributed by atoms with Crippen molar-refractivity contribution >= 4 is 16.8 Å². The highest BCUT2D eigenvalue weighted by Crippen LogP contribution is 2.34. The van der Waals surface area contributed by atoms with Crippen molar-refractivity contribution in [2.24, 2.45) is 5.92 Å². The standard InChI is InChI=1S/C17H19FN4O/c18-12-2-1-11-15-13(19-20-16(12)15)5-8-22(17(11)23)14-9-21-6-3-10(14)4-7-21/h1-2,10,14H,3-9H2,(H,19,20)/t14-/m1/s1. The molecule has 0 radical (unpaired) electrons. The fraction of sp³-hybridized carbons (Fsp3) is 0.529. The molecule has 2 bridgehead atoms. The maximum Gasteiger partial charge on any atom is 0.254 e. The van der Waals surface area contributed by atoms with E-state index in [-0.39, 0.29) is 17.8 Å². The second-order valence-electron chi connectivity index (χ2n) is 6.97. The van der Waals surface area contributed by atoms with Crippen molar-refractivity contribution in [3.05, 3.63) is 29.2 Å². The molecule has 3 saturated heterocycles. The summed E-state index contributed by atoms with van der Waals surface area (Å²) in [6.45, 7) is 3.96. The van der Waals surface area contributed by atoms with E-state index in [1.165, 1.54) is 18.9 Å². The second-order valence-corrected chi connectivity index (χ2v) is 6.97. The first-order valence-electron chi connectivity index (χ1n) is 8.41. The van der Waals surface area contributed by atoms with E-state index in [4.69, 9.17) is 0 Å². The van der Waals surface area contributed by atoms with Crippen LogP contribution in [-0.2, 0) is 6.42 Å². The van der Waals surface area contributed by atoms with Crippen LogP contribution in [-0.4, -0.2) is 58.1 Å². The first-order valence-corrected chi connectivity index (χ1v) is 8.41. The Hall–Kier alpha value is -1.95. The summed E-state index contributed by atoms with van der Waals surface area (Å²) in [4.78, 5) is 17.6. The van der Waals surface area contributed by atoms with Crippen LogP contribution in [0.2, 0.25) is 0 Å². The quantitative estimate of drug-likeness (QED) is 0.873. The summed E-state index contributed by atoms with van der Waals surface area (Å²) in [6, 6.07) is 3.29. The molecule has 2 aromatic rings. The van der Waals surface area contributed by atoms with Gasteiger partial charge in [0.15, 0.2) is 0 Å². The molecule has 0 saturated carbocycles. The number of carbonyl (C=O) groups excluding carboxylic acids is 1. The first-order chi connectivity index (χ1) is 11.2. The van der Waals surface area contributed by atoms with Gasteiger partial charge in [-0.2, -0.15) is 5.10 Å². The van der Waals surface area contributed by atoms with Gasteiger partial charge in [0.05, 0.1) is 11.3 Å².